The summed E-state index contributed by atoms with van der Waals surface area (Å²) in [6, 6.07) is 0. The van der Waals surface area contributed by atoms with Gasteiger partial charge in [-0.15, -0.1) is 0 Å². The minimum Gasteiger partial charge on any atom is -0.380 e. The molecule has 19 heavy (non-hydrogen) atoms. The number of Topliss-reactive ketones (excluding diaryl/α,β-unsaturated/α-hetero) is 1. The van der Waals surface area contributed by atoms with Gasteiger partial charge in [0.1, 0.15) is 0 Å². The average Bonchev–Trinajstić information content (AvgIpc) is 2.92. The normalized spacial score (nSPS) is 25.7. The lowest BCUT2D eigenvalue weighted by molar-refractivity contribution is 0.0916. The van der Waals surface area contributed by atoms with Crippen molar-refractivity contribution in [3.63, 3.8) is 0 Å². The van der Waals surface area contributed by atoms with Crippen LogP contribution in [0.15, 0.2) is 0 Å². The number of ether oxygens (including phenoxy) is 1. The molecule has 0 saturated carbocycles. The Bertz CT molecular complexity index is 510. The third kappa shape index (κ3) is 2.41. The van der Waals surface area contributed by atoms with Crippen LogP contribution in [-0.4, -0.2) is 37.1 Å². The Balaban J connectivity index is 1.85. The topological polar surface area (TPSA) is 42.4 Å². The fourth-order valence-electron chi connectivity index (χ4n) is 2.94. The highest BCUT2D eigenvalue weighted by Gasteiger charge is 2.35. The lowest BCUT2D eigenvalue weighted by atomic mass is 9.78. The molecule has 1 saturated heterocycles. The van der Waals surface area contributed by atoms with Gasteiger partial charge in [0.05, 0.1) is 16.7 Å². The number of fused-ring (bicyclic) bond motifs is 1. The van der Waals surface area contributed by atoms with Crippen molar-refractivity contribution in [3.8, 4) is 0 Å². The SMILES string of the molecule is COC1CCN(c2nc3c(s2)C(=O)CC(C)(C)C3)C1. The molecule has 0 spiro atoms. The van der Waals surface area contributed by atoms with Crippen molar-refractivity contribution in [2.45, 2.75) is 39.2 Å². The molecular weight excluding hydrogens is 260 g/mol. The number of hydrogen-bond donors (Lipinski definition) is 0. The van der Waals surface area contributed by atoms with E-state index < -0.39 is 0 Å². The van der Waals surface area contributed by atoms with Gasteiger partial charge in [-0.3, -0.25) is 4.79 Å². The molecular formula is C14H20N2O2S. The zero-order valence-corrected chi connectivity index (χ0v) is 12.5. The predicted molar refractivity (Wildman–Crippen MR) is 76.2 cm³/mol. The molecule has 1 aliphatic carbocycles. The van der Waals surface area contributed by atoms with Crippen molar-refractivity contribution in [1.82, 2.24) is 4.98 Å². The molecule has 1 aromatic heterocycles. The fourth-order valence-corrected chi connectivity index (χ4v) is 3.99. The van der Waals surface area contributed by atoms with E-state index in [4.69, 9.17) is 9.72 Å². The van der Waals surface area contributed by atoms with Crippen LogP contribution in [-0.2, 0) is 11.2 Å². The Morgan fingerprint density at radius 1 is 1.42 bits per heavy atom. The summed E-state index contributed by atoms with van der Waals surface area (Å²) in [5.74, 6) is 0.262. The lowest BCUT2D eigenvalue weighted by Gasteiger charge is -2.26. The van der Waals surface area contributed by atoms with Gasteiger partial charge in [-0.05, 0) is 18.3 Å². The van der Waals surface area contributed by atoms with E-state index >= 15 is 0 Å². The molecule has 1 aromatic rings. The van der Waals surface area contributed by atoms with Crippen molar-refractivity contribution < 1.29 is 9.53 Å². The molecule has 0 aromatic carbocycles. The number of hydrogen-bond acceptors (Lipinski definition) is 5. The third-order valence-corrected chi connectivity index (χ3v) is 5.17. The van der Waals surface area contributed by atoms with Crippen LogP contribution in [0.5, 0.6) is 0 Å². The smallest absolute Gasteiger partial charge is 0.186 e. The van der Waals surface area contributed by atoms with E-state index in [1.165, 1.54) is 0 Å². The van der Waals surface area contributed by atoms with Crippen LogP contribution in [0, 0.1) is 5.41 Å². The average molecular weight is 280 g/mol. The van der Waals surface area contributed by atoms with Crippen LogP contribution in [0.4, 0.5) is 5.13 Å². The lowest BCUT2D eigenvalue weighted by Crippen LogP contribution is -2.26. The van der Waals surface area contributed by atoms with Gasteiger partial charge in [0.15, 0.2) is 10.9 Å². The second-order valence-corrected chi connectivity index (χ2v) is 7.28. The first-order valence-electron chi connectivity index (χ1n) is 6.79. The Kier molecular flexibility index (Phi) is 3.14. The van der Waals surface area contributed by atoms with Gasteiger partial charge < -0.3 is 9.64 Å². The summed E-state index contributed by atoms with van der Waals surface area (Å²) in [4.78, 5) is 20.0. The molecule has 4 nitrogen and oxygen atoms in total. The molecule has 2 heterocycles. The van der Waals surface area contributed by atoms with Crippen molar-refractivity contribution >= 4 is 22.3 Å². The Morgan fingerprint density at radius 3 is 2.89 bits per heavy atom. The van der Waals surface area contributed by atoms with E-state index in [-0.39, 0.29) is 11.2 Å². The Labute approximate surface area is 117 Å². The number of rotatable bonds is 2. The zero-order chi connectivity index (χ0) is 13.6. The zero-order valence-electron chi connectivity index (χ0n) is 11.7. The van der Waals surface area contributed by atoms with E-state index in [0.717, 1.165) is 41.6 Å². The fraction of sp³-hybridized carbons (Fsp3) is 0.714. The van der Waals surface area contributed by atoms with Crippen molar-refractivity contribution in [2.24, 2.45) is 5.41 Å². The predicted octanol–water partition coefficient (Wildman–Crippen LogP) is 2.52. The molecule has 0 bridgehead atoms. The number of nitrogens with zero attached hydrogens (tertiary/aromatic N) is 2. The molecule has 1 fully saturated rings. The van der Waals surface area contributed by atoms with Gasteiger partial charge in [-0.1, -0.05) is 25.2 Å². The van der Waals surface area contributed by atoms with Gasteiger partial charge in [-0.2, -0.15) is 0 Å². The molecule has 2 aliphatic rings. The summed E-state index contributed by atoms with van der Waals surface area (Å²) in [5, 5.41) is 0.996. The van der Waals surface area contributed by atoms with E-state index in [9.17, 15) is 4.79 Å². The summed E-state index contributed by atoms with van der Waals surface area (Å²) in [5.41, 5.74) is 1.05. The van der Waals surface area contributed by atoms with Crippen LogP contribution in [0.2, 0.25) is 0 Å². The number of methoxy groups -OCH3 is 1. The van der Waals surface area contributed by atoms with Gasteiger partial charge in [0, 0.05) is 26.6 Å². The minimum absolute atomic E-state index is 0.0511. The molecule has 0 amide bonds. The second kappa shape index (κ2) is 4.56. The van der Waals surface area contributed by atoms with Crippen LogP contribution >= 0.6 is 11.3 Å². The number of anilines is 1. The monoisotopic (exact) mass is 280 g/mol. The van der Waals surface area contributed by atoms with Crippen molar-refractivity contribution in [3.05, 3.63) is 10.6 Å². The first-order chi connectivity index (χ1) is 8.98. The summed E-state index contributed by atoms with van der Waals surface area (Å²) < 4.78 is 5.39. The number of carbonyl (C=O) groups excluding carboxylic acids is 1. The number of aromatic nitrogens is 1. The molecule has 3 rings (SSSR count). The van der Waals surface area contributed by atoms with Gasteiger partial charge >= 0.3 is 0 Å². The molecule has 5 heteroatoms. The maximum absolute atomic E-state index is 12.2. The number of thiazole rings is 1. The Hall–Kier alpha value is -0.940. The van der Waals surface area contributed by atoms with Crippen LogP contribution in [0.1, 0.15) is 42.1 Å². The molecule has 104 valence electrons. The number of carbonyl (C=O) groups is 1. The largest absolute Gasteiger partial charge is 0.380 e. The van der Waals surface area contributed by atoms with Crippen LogP contribution < -0.4 is 4.90 Å². The van der Waals surface area contributed by atoms with Crippen molar-refractivity contribution in [1.29, 1.82) is 0 Å². The Morgan fingerprint density at radius 2 is 2.21 bits per heavy atom. The van der Waals surface area contributed by atoms with Gasteiger partial charge in [0.25, 0.3) is 0 Å². The summed E-state index contributed by atoms with van der Waals surface area (Å²) in [6.45, 7) is 6.15. The highest BCUT2D eigenvalue weighted by molar-refractivity contribution is 7.17. The van der Waals surface area contributed by atoms with E-state index in [1.54, 1.807) is 18.4 Å². The summed E-state index contributed by atoms with van der Waals surface area (Å²) in [7, 11) is 1.76. The van der Waals surface area contributed by atoms with Gasteiger partial charge in [-0.25, -0.2) is 4.98 Å². The molecule has 1 aliphatic heterocycles. The van der Waals surface area contributed by atoms with E-state index in [1.807, 2.05) is 0 Å². The molecule has 1 atom stereocenters. The summed E-state index contributed by atoms with van der Waals surface area (Å²) in [6.07, 6.45) is 2.89. The maximum Gasteiger partial charge on any atom is 0.186 e. The number of ketones is 1. The van der Waals surface area contributed by atoms with E-state index in [0.29, 0.717) is 12.5 Å². The quantitative estimate of drug-likeness (QED) is 0.835. The molecule has 0 radical (unpaired) electrons. The van der Waals surface area contributed by atoms with Crippen LogP contribution in [0.3, 0.4) is 0 Å². The second-order valence-electron chi connectivity index (χ2n) is 6.31. The standard InChI is InChI=1S/C14H20N2O2S/c1-14(2)6-10-12(11(17)7-14)19-13(15-10)16-5-4-9(8-16)18-3/h9H,4-8H2,1-3H3. The third-order valence-electron chi connectivity index (χ3n) is 3.97. The first kappa shape index (κ1) is 13.1. The molecule has 0 N–H and O–H groups in total. The maximum atomic E-state index is 12.2. The highest BCUT2D eigenvalue weighted by atomic mass is 32.1. The van der Waals surface area contributed by atoms with E-state index in [2.05, 4.69) is 18.7 Å². The highest BCUT2D eigenvalue weighted by Crippen LogP contribution is 2.39. The van der Waals surface area contributed by atoms with Crippen LogP contribution in [0.25, 0.3) is 0 Å². The van der Waals surface area contributed by atoms with Gasteiger partial charge in [0.2, 0.25) is 0 Å². The minimum atomic E-state index is 0.0511. The first-order valence-corrected chi connectivity index (χ1v) is 7.61. The summed E-state index contributed by atoms with van der Waals surface area (Å²) >= 11 is 1.56. The molecule has 1 unspecified atom stereocenters. The van der Waals surface area contributed by atoms with Crippen molar-refractivity contribution in [2.75, 3.05) is 25.1 Å².